The van der Waals surface area contributed by atoms with Crippen LogP contribution in [0.15, 0.2) is 42.7 Å². The number of pyridine rings is 1. The van der Waals surface area contributed by atoms with Crippen LogP contribution in [-0.4, -0.2) is 10.9 Å². The molecule has 20 heavy (non-hydrogen) atoms. The van der Waals surface area contributed by atoms with Crippen LogP contribution in [0.3, 0.4) is 0 Å². The summed E-state index contributed by atoms with van der Waals surface area (Å²) in [5.41, 5.74) is 7.91. The topological polar surface area (TPSA) is 68.0 Å². The molecule has 2 aromatic rings. The molecule has 4 nitrogen and oxygen atoms in total. The van der Waals surface area contributed by atoms with E-state index >= 15 is 0 Å². The summed E-state index contributed by atoms with van der Waals surface area (Å²) in [6.07, 6.45) is 3.98. The average Bonchev–Trinajstić information content (AvgIpc) is 3.19. The van der Waals surface area contributed by atoms with Gasteiger partial charge < -0.3 is 11.1 Å². The Morgan fingerprint density at radius 3 is 2.95 bits per heavy atom. The number of nitrogens with two attached hydrogens (primary N) is 1. The molecule has 0 bridgehead atoms. The van der Waals surface area contributed by atoms with Crippen molar-refractivity contribution in [3.63, 3.8) is 0 Å². The number of halogens is 1. The maximum atomic E-state index is 12.1. The molecule has 3 N–H and O–H groups in total. The highest BCUT2D eigenvalue weighted by Gasteiger charge is 2.43. The first kappa shape index (κ1) is 12.9. The fourth-order valence-corrected chi connectivity index (χ4v) is 2.55. The maximum absolute atomic E-state index is 12.1. The lowest BCUT2D eigenvalue weighted by Gasteiger charge is -2.05. The molecule has 1 amide bonds. The zero-order valence-electron chi connectivity index (χ0n) is 10.7. The van der Waals surface area contributed by atoms with Crippen molar-refractivity contribution in [2.45, 2.75) is 12.3 Å². The molecule has 0 aliphatic heterocycles. The summed E-state index contributed by atoms with van der Waals surface area (Å²) < 4.78 is 0. The average molecular weight is 288 g/mol. The van der Waals surface area contributed by atoms with Gasteiger partial charge in [0.25, 0.3) is 0 Å². The molecule has 5 heteroatoms. The van der Waals surface area contributed by atoms with Crippen LogP contribution in [0.2, 0.25) is 5.02 Å². The van der Waals surface area contributed by atoms with E-state index in [1.165, 1.54) is 0 Å². The van der Waals surface area contributed by atoms with Crippen molar-refractivity contribution in [1.82, 2.24) is 4.98 Å². The molecule has 1 aromatic carbocycles. The van der Waals surface area contributed by atoms with Crippen molar-refractivity contribution >= 4 is 28.9 Å². The summed E-state index contributed by atoms with van der Waals surface area (Å²) in [5, 5.41) is 3.55. The number of amides is 1. The van der Waals surface area contributed by atoms with E-state index in [2.05, 4.69) is 10.3 Å². The number of nitrogen functional groups attached to an aromatic ring is 1. The predicted molar refractivity (Wildman–Crippen MR) is 79.6 cm³/mol. The highest BCUT2D eigenvalue weighted by atomic mass is 35.5. The Hall–Kier alpha value is -2.07. The molecule has 1 aliphatic rings. The monoisotopic (exact) mass is 287 g/mol. The summed E-state index contributed by atoms with van der Waals surface area (Å²) in [7, 11) is 0. The second-order valence-corrected chi connectivity index (χ2v) is 5.44. The standard InChI is InChI=1S/C15H14ClN3O/c16-10-3-1-2-9(4-10)13-6-14(13)15(20)19-12-5-11(17)7-18-8-12/h1-5,7-8,13-14H,6,17H2,(H,19,20). The number of nitrogens with zero attached hydrogens (tertiary/aromatic N) is 1. The molecular formula is C15H14ClN3O. The quantitative estimate of drug-likeness (QED) is 0.911. The predicted octanol–water partition coefficient (Wildman–Crippen LogP) is 3.06. The Morgan fingerprint density at radius 2 is 2.20 bits per heavy atom. The number of anilines is 2. The third-order valence-electron chi connectivity index (χ3n) is 3.43. The Balaban J connectivity index is 1.66. The first-order valence-corrected chi connectivity index (χ1v) is 6.78. The van der Waals surface area contributed by atoms with E-state index in [9.17, 15) is 4.79 Å². The Morgan fingerprint density at radius 1 is 1.35 bits per heavy atom. The SMILES string of the molecule is Nc1cncc(NC(=O)C2CC2c2cccc(Cl)c2)c1. The molecule has 1 heterocycles. The fraction of sp³-hybridized carbons (Fsp3) is 0.200. The lowest BCUT2D eigenvalue weighted by atomic mass is 10.1. The second-order valence-electron chi connectivity index (χ2n) is 5.00. The van der Waals surface area contributed by atoms with Crippen molar-refractivity contribution in [2.24, 2.45) is 5.92 Å². The van der Waals surface area contributed by atoms with Gasteiger partial charge in [0.2, 0.25) is 5.91 Å². The normalized spacial score (nSPS) is 20.4. The smallest absolute Gasteiger partial charge is 0.228 e. The zero-order valence-corrected chi connectivity index (χ0v) is 11.5. The highest BCUT2D eigenvalue weighted by Crippen LogP contribution is 2.48. The molecule has 0 spiro atoms. The van der Waals surface area contributed by atoms with Crippen LogP contribution in [0.25, 0.3) is 0 Å². The van der Waals surface area contributed by atoms with E-state index in [-0.39, 0.29) is 17.7 Å². The van der Waals surface area contributed by atoms with Crippen LogP contribution >= 0.6 is 11.6 Å². The summed E-state index contributed by atoms with van der Waals surface area (Å²) in [4.78, 5) is 16.1. The molecule has 1 aliphatic carbocycles. The first-order chi connectivity index (χ1) is 9.63. The van der Waals surface area contributed by atoms with Gasteiger partial charge in [-0.3, -0.25) is 9.78 Å². The molecule has 0 radical (unpaired) electrons. The van der Waals surface area contributed by atoms with Gasteiger partial charge in [-0.15, -0.1) is 0 Å². The molecule has 102 valence electrons. The van der Waals surface area contributed by atoms with Crippen LogP contribution in [0.5, 0.6) is 0 Å². The number of carbonyl (C=O) groups excluding carboxylic acids is 1. The minimum absolute atomic E-state index is 0.00220. The van der Waals surface area contributed by atoms with Crippen LogP contribution in [0.1, 0.15) is 17.9 Å². The van der Waals surface area contributed by atoms with Gasteiger partial charge in [0, 0.05) is 17.1 Å². The lowest BCUT2D eigenvalue weighted by Crippen LogP contribution is -2.14. The highest BCUT2D eigenvalue weighted by molar-refractivity contribution is 6.30. The molecule has 0 saturated heterocycles. The summed E-state index contributed by atoms with van der Waals surface area (Å²) >= 11 is 5.97. The number of rotatable bonds is 3. The molecule has 2 unspecified atom stereocenters. The van der Waals surface area contributed by atoms with Gasteiger partial charge in [0.05, 0.1) is 17.6 Å². The second kappa shape index (κ2) is 5.13. The zero-order chi connectivity index (χ0) is 14.1. The molecule has 2 atom stereocenters. The lowest BCUT2D eigenvalue weighted by molar-refractivity contribution is -0.117. The molecular weight excluding hydrogens is 274 g/mol. The van der Waals surface area contributed by atoms with Crippen LogP contribution in [-0.2, 0) is 4.79 Å². The Kier molecular flexibility index (Phi) is 3.32. The van der Waals surface area contributed by atoms with E-state index in [0.29, 0.717) is 16.4 Å². The van der Waals surface area contributed by atoms with Crippen LogP contribution in [0, 0.1) is 5.92 Å². The van der Waals surface area contributed by atoms with Crippen molar-refractivity contribution in [2.75, 3.05) is 11.1 Å². The Bertz CT molecular complexity index is 659. The van der Waals surface area contributed by atoms with Gasteiger partial charge in [0.15, 0.2) is 0 Å². The molecule has 1 saturated carbocycles. The number of hydrogen-bond donors (Lipinski definition) is 2. The van der Waals surface area contributed by atoms with Gasteiger partial charge >= 0.3 is 0 Å². The largest absolute Gasteiger partial charge is 0.397 e. The number of nitrogens with one attached hydrogen (secondary N) is 1. The third-order valence-corrected chi connectivity index (χ3v) is 3.67. The van der Waals surface area contributed by atoms with Crippen molar-refractivity contribution in [3.8, 4) is 0 Å². The summed E-state index contributed by atoms with van der Waals surface area (Å²) in [5.74, 6) is 0.250. The van der Waals surface area contributed by atoms with E-state index in [1.54, 1.807) is 18.5 Å². The molecule has 1 aromatic heterocycles. The van der Waals surface area contributed by atoms with E-state index in [0.717, 1.165) is 12.0 Å². The van der Waals surface area contributed by atoms with Gasteiger partial charge in [0.1, 0.15) is 0 Å². The number of aromatic nitrogens is 1. The van der Waals surface area contributed by atoms with Gasteiger partial charge in [-0.25, -0.2) is 0 Å². The summed E-state index contributed by atoms with van der Waals surface area (Å²) in [6.45, 7) is 0. The number of benzene rings is 1. The van der Waals surface area contributed by atoms with Gasteiger partial charge in [-0.05, 0) is 36.1 Å². The van der Waals surface area contributed by atoms with Gasteiger partial charge in [-0.2, -0.15) is 0 Å². The maximum Gasteiger partial charge on any atom is 0.228 e. The minimum Gasteiger partial charge on any atom is -0.397 e. The van der Waals surface area contributed by atoms with Crippen LogP contribution < -0.4 is 11.1 Å². The van der Waals surface area contributed by atoms with Gasteiger partial charge in [-0.1, -0.05) is 23.7 Å². The third kappa shape index (κ3) is 2.75. The fourth-order valence-electron chi connectivity index (χ4n) is 2.35. The van der Waals surface area contributed by atoms with E-state index in [1.807, 2.05) is 24.3 Å². The van der Waals surface area contributed by atoms with Crippen molar-refractivity contribution in [3.05, 3.63) is 53.3 Å². The minimum atomic E-state index is -0.00472. The van der Waals surface area contributed by atoms with E-state index < -0.39 is 0 Å². The molecule has 3 rings (SSSR count). The molecule has 1 fully saturated rings. The van der Waals surface area contributed by atoms with E-state index in [4.69, 9.17) is 17.3 Å². The Labute approximate surface area is 122 Å². The van der Waals surface area contributed by atoms with Crippen LogP contribution in [0.4, 0.5) is 11.4 Å². The number of hydrogen-bond acceptors (Lipinski definition) is 3. The number of carbonyl (C=O) groups is 1. The first-order valence-electron chi connectivity index (χ1n) is 6.40. The summed E-state index contributed by atoms with van der Waals surface area (Å²) in [6, 6.07) is 9.36. The van der Waals surface area contributed by atoms with Crippen molar-refractivity contribution in [1.29, 1.82) is 0 Å². The van der Waals surface area contributed by atoms with Crippen molar-refractivity contribution < 1.29 is 4.79 Å².